The summed E-state index contributed by atoms with van der Waals surface area (Å²) in [5.41, 5.74) is 5.46. The van der Waals surface area contributed by atoms with Crippen molar-refractivity contribution in [2.24, 2.45) is 5.73 Å². The van der Waals surface area contributed by atoms with E-state index in [1.807, 2.05) is 13.8 Å². The quantitative estimate of drug-likeness (QED) is 0.551. The Bertz CT molecular complexity index is 126. The average Bonchev–Trinajstić information content (AvgIpc) is 2.00. The zero-order valence-corrected chi connectivity index (χ0v) is 7.80. The topological polar surface area (TPSA) is 64.3 Å². The largest absolute Gasteiger partial charge is 0.465 e. The van der Waals surface area contributed by atoms with Crippen molar-refractivity contribution in [3.63, 3.8) is 0 Å². The molecule has 12 heavy (non-hydrogen) atoms. The fourth-order valence-corrected chi connectivity index (χ4v) is 0.669. The van der Waals surface area contributed by atoms with E-state index >= 15 is 0 Å². The minimum atomic E-state index is -0.211. The second kappa shape index (κ2) is 7.06. The van der Waals surface area contributed by atoms with Gasteiger partial charge in [-0.15, -0.1) is 0 Å². The van der Waals surface area contributed by atoms with Gasteiger partial charge >= 0.3 is 5.97 Å². The molecular formula is C8H18N2O2. The van der Waals surface area contributed by atoms with Crippen LogP contribution in [0.3, 0.4) is 0 Å². The molecule has 0 aromatic rings. The van der Waals surface area contributed by atoms with Gasteiger partial charge in [-0.1, -0.05) is 6.92 Å². The molecule has 0 aromatic carbocycles. The van der Waals surface area contributed by atoms with Gasteiger partial charge in [-0.25, -0.2) is 0 Å². The lowest BCUT2D eigenvalue weighted by molar-refractivity contribution is -0.142. The molecule has 0 radical (unpaired) electrons. The zero-order chi connectivity index (χ0) is 9.40. The Morgan fingerprint density at radius 2 is 2.33 bits per heavy atom. The molecule has 0 fully saturated rings. The van der Waals surface area contributed by atoms with Crippen LogP contribution in [0.5, 0.6) is 0 Å². The summed E-state index contributed by atoms with van der Waals surface area (Å²) in [4.78, 5) is 10.9. The average molecular weight is 174 g/mol. The van der Waals surface area contributed by atoms with Gasteiger partial charge in [-0.2, -0.15) is 0 Å². The van der Waals surface area contributed by atoms with Gasteiger partial charge in [-0.05, 0) is 13.3 Å². The summed E-state index contributed by atoms with van der Waals surface area (Å²) >= 11 is 0. The number of rotatable bonds is 6. The van der Waals surface area contributed by atoms with Crippen molar-refractivity contribution in [2.75, 3.05) is 19.7 Å². The monoisotopic (exact) mass is 174 g/mol. The van der Waals surface area contributed by atoms with Crippen LogP contribution in [0, 0.1) is 0 Å². The van der Waals surface area contributed by atoms with Crippen LogP contribution in [-0.4, -0.2) is 31.7 Å². The van der Waals surface area contributed by atoms with Crippen molar-refractivity contribution < 1.29 is 9.53 Å². The molecular weight excluding hydrogens is 156 g/mol. The van der Waals surface area contributed by atoms with Gasteiger partial charge < -0.3 is 15.8 Å². The molecule has 0 saturated heterocycles. The van der Waals surface area contributed by atoms with E-state index in [1.54, 1.807) is 0 Å². The second-order valence-corrected chi connectivity index (χ2v) is 2.83. The minimum Gasteiger partial charge on any atom is -0.465 e. The summed E-state index contributed by atoms with van der Waals surface area (Å²) < 4.78 is 4.83. The second-order valence-electron chi connectivity index (χ2n) is 2.83. The molecule has 0 saturated carbocycles. The van der Waals surface area contributed by atoms with E-state index in [2.05, 4.69) is 5.32 Å². The molecule has 0 aliphatic carbocycles. The summed E-state index contributed by atoms with van der Waals surface area (Å²) in [5, 5.41) is 2.89. The molecule has 1 atom stereocenters. The van der Waals surface area contributed by atoms with Crippen LogP contribution in [-0.2, 0) is 9.53 Å². The van der Waals surface area contributed by atoms with Crippen molar-refractivity contribution in [3.8, 4) is 0 Å². The molecule has 0 aromatic heterocycles. The van der Waals surface area contributed by atoms with Gasteiger partial charge in [0.15, 0.2) is 0 Å². The Morgan fingerprint density at radius 1 is 1.67 bits per heavy atom. The number of hydrogen-bond acceptors (Lipinski definition) is 4. The first-order valence-corrected chi connectivity index (χ1v) is 4.28. The molecule has 1 unspecified atom stereocenters. The van der Waals surface area contributed by atoms with Gasteiger partial charge in [-0.3, -0.25) is 4.79 Å². The Kier molecular flexibility index (Phi) is 6.70. The number of esters is 1. The summed E-state index contributed by atoms with van der Waals surface area (Å²) in [5.74, 6) is -0.211. The van der Waals surface area contributed by atoms with Gasteiger partial charge in [0.05, 0.1) is 13.2 Å². The Morgan fingerprint density at radius 3 is 2.83 bits per heavy atom. The molecule has 4 nitrogen and oxygen atoms in total. The number of hydrogen-bond donors (Lipinski definition) is 2. The molecule has 0 heterocycles. The standard InChI is InChI=1S/C8H18N2O2/c1-3-4-12-8(11)6-10-5-7(2)9/h7,10H,3-6,9H2,1-2H3. The maximum Gasteiger partial charge on any atom is 0.319 e. The van der Waals surface area contributed by atoms with Crippen molar-refractivity contribution in [3.05, 3.63) is 0 Å². The fraction of sp³-hybridized carbons (Fsp3) is 0.875. The first-order valence-electron chi connectivity index (χ1n) is 4.28. The Labute approximate surface area is 73.5 Å². The predicted molar refractivity (Wildman–Crippen MR) is 47.8 cm³/mol. The third-order valence-electron chi connectivity index (χ3n) is 1.20. The number of nitrogens with one attached hydrogen (secondary N) is 1. The van der Waals surface area contributed by atoms with Crippen LogP contribution in [0.15, 0.2) is 0 Å². The lowest BCUT2D eigenvalue weighted by atomic mass is 10.4. The van der Waals surface area contributed by atoms with E-state index in [4.69, 9.17) is 10.5 Å². The zero-order valence-electron chi connectivity index (χ0n) is 7.80. The fourth-order valence-electron chi connectivity index (χ4n) is 0.669. The highest BCUT2D eigenvalue weighted by molar-refractivity contribution is 5.71. The van der Waals surface area contributed by atoms with Crippen LogP contribution < -0.4 is 11.1 Å². The summed E-state index contributed by atoms with van der Waals surface area (Å²) in [6, 6.07) is 0.0731. The highest BCUT2D eigenvalue weighted by atomic mass is 16.5. The predicted octanol–water partition coefficient (Wildman–Crippen LogP) is -0.124. The highest BCUT2D eigenvalue weighted by Gasteiger charge is 2.01. The first kappa shape index (κ1) is 11.4. The molecule has 0 aliphatic heterocycles. The van der Waals surface area contributed by atoms with Gasteiger partial charge in [0.2, 0.25) is 0 Å². The maximum atomic E-state index is 10.9. The van der Waals surface area contributed by atoms with E-state index in [-0.39, 0.29) is 18.6 Å². The maximum absolute atomic E-state index is 10.9. The lowest BCUT2D eigenvalue weighted by Crippen LogP contribution is -2.34. The van der Waals surface area contributed by atoms with E-state index < -0.39 is 0 Å². The molecule has 0 spiro atoms. The number of carbonyl (C=O) groups is 1. The normalized spacial score (nSPS) is 12.6. The van der Waals surface area contributed by atoms with E-state index in [9.17, 15) is 4.79 Å². The van der Waals surface area contributed by atoms with E-state index in [0.29, 0.717) is 13.2 Å². The Hall–Kier alpha value is -0.610. The molecule has 4 heteroatoms. The molecule has 0 aliphatic rings. The highest BCUT2D eigenvalue weighted by Crippen LogP contribution is 1.81. The smallest absolute Gasteiger partial charge is 0.319 e. The number of carbonyl (C=O) groups excluding carboxylic acids is 1. The van der Waals surface area contributed by atoms with Crippen LogP contribution in [0.1, 0.15) is 20.3 Å². The summed E-state index contributed by atoms with van der Waals surface area (Å²) in [6.45, 7) is 5.23. The van der Waals surface area contributed by atoms with Crippen molar-refractivity contribution in [1.29, 1.82) is 0 Å². The molecule has 72 valence electrons. The van der Waals surface area contributed by atoms with Gasteiger partial charge in [0.1, 0.15) is 0 Å². The van der Waals surface area contributed by atoms with Crippen molar-refractivity contribution in [1.82, 2.24) is 5.32 Å². The minimum absolute atomic E-state index is 0.0731. The van der Waals surface area contributed by atoms with Crippen LogP contribution >= 0.6 is 0 Å². The number of nitrogens with two attached hydrogens (primary N) is 1. The first-order chi connectivity index (χ1) is 5.66. The Balaban J connectivity index is 3.20. The van der Waals surface area contributed by atoms with E-state index in [0.717, 1.165) is 6.42 Å². The summed E-state index contributed by atoms with van der Waals surface area (Å²) in [7, 11) is 0. The number of ether oxygens (including phenoxy) is 1. The SMILES string of the molecule is CCCOC(=O)CNCC(C)N. The molecule has 3 N–H and O–H groups in total. The van der Waals surface area contributed by atoms with Crippen LogP contribution in [0.2, 0.25) is 0 Å². The lowest BCUT2D eigenvalue weighted by Gasteiger charge is -2.06. The molecule has 0 bridgehead atoms. The third kappa shape index (κ3) is 7.50. The van der Waals surface area contributed by atoms with Crippen molar-refractivity contribution in [2.45, 2.75) is 26.3 Å². The van der Waals surface area contributed by atoms with Gasteiger partial charge in [0.25, 0.3) is 0 Å². The van der Waals surface area contributed by atoms with E-state index in [1.165, 1.54) is 0 Å². The van der Waals surface area contributed by atoms with Crippen LogP contribution in [0.25, 0.3) is 0 Å². The molecule has 0 rings (SSSR count). The van der Waals surface area contributed by atoms with Gasteiger partial charge in [0, 0.05) is 12.6 Å². The van der Waals surface area contributed by atoms with Crippen molar-refractivity contribution >= 4 is 5.97 Å². The summed E-state index contributed by atoms with van der Waals surface area (Å²) in [6.07, 6.45) is 0.860. The van der Waals surface area contributed by atoms with Crippen LogP contribution in [0.4, 0.5) is 0 Å². The third-order valence-corrected chi connectivity index (χ3v) is 1.20. The molecule has 0 amide bonds.